The molecule has 166 valence electrons. The molecule has 8 heteroatoms. The monoisotopic (exact) mass is 459 g/mol. The average molecular weight is 460 g/mol. The van der Waals surface area contributed by atoms with Crippen molar-refractivity contribution in [2.45, 2.75) is 6.04 Å². The van der Waals surface area contributed by atoms with Crippen LogP contribution in [0, 0.1) is 17.5 Å². The zero-order valence-electron chi connectivity index (χ0n) is 17.1. The van der Waals surface area contributed by atoms with Crippen LogP contribution in [-0.4, -0.2) is 42.0 Å². The van der Waals surface area contributed by atoms with Crippen LogP contribution in [0.2, 0.25) is 5.02 Å². The maximum atomic E-state index is 13.9. The normalized spacial score (nSPS) is 15.4. The summed E-state index contributed by atoms with van der Waals surface area (Å²) in [7, 11) is 0. The second-order valence-corrected chi connectivity index (χ2v) is 7.98. The van der Waals surface area contributed by atoms with Gasteiger partial charge >= 0.3 is 6.03 Å². The molecule has 0 aromatic heterocycles. The number of urea groups is 1. The van der Waals surface area contributed by atoms with E-state index in [0.29, 0.717) is 31.2 Å². The van der Waals surface area contributed by atoms with Crippen molar-refractivity contribution in [3.63, 3.8) is 0 Å². The van der Waals surface area contributed by atoms with Gasteiger partial charge < -0.3 is 10.2 Å². The summed E-state index contributed by atoms with van der Waals surface area (Å²) in [5.41, 5.74) is 1.82. The molecule has 3 aromatic carbocycles. The Balaban J connectivity index is 1.47. The quantitative estimate of drug-likeness (QED) is 0.508. The predicted molar refractivity (Wildman–Crippen MR) is 118 cm³/mol. The summed E-state index contributed by atoms with van der Waals surface area (Å²) in [5, 5.41) is 2.99. The molecule has 4 rings (SSSR count). The third-order valence-corrected chi connectivity index (χ3v) is 5.80. The molecule has 32 heavy (non-hydrogen) atoms. The van der Waals surface area contributed by atoms with Gasteiger partial charge in [-0.05, 0) is 35.4 Å². The Kier molecular flexibility index (Phi) is 6.67. The van der Waals surface area contributed by atoms with Gasteiger partial charge in [-0.3, -0.25) is 4.90 Å². The molecular formula is C24H21ClF3N3O. The summed E-state index contributed by atoms with van der Waals surface area (Å²) in [4.78, 5) is 16.4. The van der Waals surface area contributed by atoms with E-state index in [2.05, 4.69) is 22.3 Å². The van der Waals surface area contributed by atoms with Gasteiger partial charge in [0.25, 0.3) is 0 Å². The number of piperazine rings is 1. The fourth-order valence-electron chi connectivity index (χ4n) is 3.89. The van der Waals surface area contributed by atoms with Crippen molar-refractivity contribution in [1.82, 2.24) is 9.80 Å². The summed E-state index contributed by atoms with van der Waals surface area (Å²) in [6.45, 7) is 1.95. The van der Waals surface area contributed by atoms with E-state index >= 15 is 0 Å². The van der Waals surface area contributed by atoms with Crippen molar-refractivity contribution in [2.75, 3.05) is 31.5 Å². The molecule has 1 saturated heterocycles. The van der Waals surface area contributed by atoms with Crippen LogP contribution in [0.25, 0.3) is 0 Å². The molecule has 3 aromatic rings. The lowest BCUT2D eigenvalue weighted by molar-refractivity contribution is 0.126. The lowest BCUT2D eigenvalue weighted by atomic mass is 9.96. The topological polar surface area (TPSA) is 35.6 Å². The zero-order valence-corrected chi connectivity index (χ0v) is 17.8. The Morgan fingerprint density at radius 1 is 0.812 bits per heavy atom. The van der Waals surface area contributed by atoms with E-state index in [1.54, 1.807) is 0 Å². The number of amides is 2. The molecule has 4 nitrogen and oxygen atoms in total. The lowest BCUT2D eigenvalue weighted by Gasteiger charge is -2.39. The number of hydrogen-bond acceptors (Lipinski definition) is 2. The van der Waals surface area contributed by atoms with Gasteiger partial charge in [0.1, 0.15) is 0 Å². The number of nitrogens with one attached hydrogen (secondary N) is 1. The van der Waals surface area contributed by atoms with Crippen molar-refractivity contribution in [3.05, 3.63) is 100 Å². The van der Waals surface area contributed by atoms with Crippen LogP contribution in [0.1, 0.15) is 17.2 Å². The van der Waals surface area contributed by atoms with Gasteiger partial charge in [0.2, 0.25) is 0 Å². The van der Waals surface area contributed by atoms with Crippen LogP contribution in [0.4, 0.5) is 23.7 Å². The van der Waals surface area contributed by atoms with Crippen molar-refractivity contribution < 1.29 is 18.0 Å². The smallest absolute Gasteiger partial charge is 0.322 e. The Morgan fingerprint density at radius 2 is 1.44 bits per heavy atom. The van der Waals surface area contributed by atoms with Crippen LogP contribution in [0.5, 0.6) is 0 Å². The molecule has 2 amide bonds. The molecule has 0 radical (unpaired) electrons. The molecule has 0 bridgehead atoms. The van der Waals surface area contributed by atoms with Crippen LogP contribution >= 0.6 is 11.6 Å². The standard InChI is InChI=1S/C24H21ClF3N3O/c25-18-8-6-17(7-9-18)23(16-4-2-1-3-5-16)30-12-14-31(15-13-30)24(32)29-20-11-10-19(26)21(27)22(20)28/h1-11,23H,12-15H2,(H,29,32)/t23-/m0/s1. The molecule has 1 N–H and O–H groups in total. The number of nitrogens with zero attached hydrogens (tertiary/aromatic N) is 2. The largest absolute Gasteiger partial charge is 0.322 e. The molecule has 1 atom stereocenters. The van der Waals surface area contributed by atoms with Crippen LogP contribution in [-0.2, 0) is 0 Å². The van der Waals surface area contributed by atoms with Crippen molar-refractivity contribution in [3.8, 4) is 0 Å². The summed E-state index contributed by atoms with van der Waals surface area (Å²) in [6.07, 6.45) is 0. The van der Waals surface area contributed by atoms with Crippen molar-refractivity contribution in [2.24, 2.45) is 0 Å². The highest BCUT2D eigenvalue weighted by Gasteiger charge is 2.28. The Bertz CT molecular complexity index is 1090. The van der Waals surface area contributed by atoms with Gasteiger partial charge in [0.05, 0.1) is 11.7 Å². The van der Waals surface area contributed by atoms with Gasteiger partial charge in [-0.1, -0.05) is 54.1 Å². The van der Waals surface area contributed by atoms with Gasteiger partial charge in [-0.25, -0.2) is 18.0 Å². The molecule has 0 aliphatic carbocycles. The summed E-state index contributed by atoms with van der Waals surface area (Å²) in [5.74, 6) is -4.33. The Morgan fingerprint density at radius 3 is 2.09 bits per heavy atom. The first-order valence-corrected chi connectivity index (χ1v) is 10.6. The highest BCUT2D eigenvalue weighted by atomic mass is 35.5. The molecule has 0 spiro atoms. The minimum Gasteiger partial charge on any atom is -0.322 e. The maximum Gasteiger partial charge on any atom is 0.322 e. The first-order chi connectivity index (χ1) is 15.4. The van der Waals surface area contributed by atoms with Gasteiger partial charge in [0.15, 0.2) is 17.5 Å². The van der Waals surface area contributed by atoms with Crippen molar-refractivity contribution in [1.29, 1.82) is 0 Å². The Labute approximate surface area is 189 Å². The van der Waals surface area contributed by atoms with E-state index in [-0.39, 0.29) is 11.7 Å². The lowest BCUT2D eigenvalue weighted by Crippen LogP contribution is -2.51. The minimum atomic E-state index is -1.61. The number of rotatable bonds is 4. The van der Waals surface area contributed by atoms with E-state index in [1.165, 1.54) is 4.90 Å². The third-order valence-electron chi connectivity index (χ3n) is 5.54. The predicted octanol–water partition coefficient (Wildman–Crippen LogP) is 5.70. The number of carbonyl (C=O) groups is 1. The summed E-state index contributed by atoms with van der Waals surface area (Å²) in [6, 6.07) is 19.0. The second-order valence-electron chi connectivity index (χ2n) is 7.54. The highest BCUT2D eigenvalue weighted by molar-refractivity contribution is 6.30. The molecule has 1 aliphatic rings. The molecular weight excluding hydrogens is 439 g/mol. The SMILES string of the molecule is O=C(Nc1ccc(F)c(F)c1F)N1CCN([C@@H](c2ccccc2)c2ccc(Cl)cc2)CC1. The Hall–Kier alpha value is -3.03. The first kappa shape index (κ1) is 22.2. The van der Waals surface area contributed by atoms with Gasteiger partial charge in [0, 0.05) is 31.2 Å². The van der Waals surface area contributed by atoms with E-state index in [1.807, 2.05) is 42.5 Å². The van der Waals surface area contributed by atoms with Crippen LogP contribution in [0.15, 0.2) is 66.7 Å². The zero-order chi connectivity index (χ0) is 22.7. The number of benzene rings is 3. The molecule has 1 aliphatic heterocycles. The summed E-state index contributed by atoms with van der Waals surface area (Å²) >= 11 is 6.06. The number of halogens is 4. The van der Waals surface area contributed by atoms with Crippen LogP contribution in [0.3, 0.4) is 0 Å². The first-order valence-electron chi connectivity index (χ1n) is 10.2. The molecule has 1 fully saturated rings. The van der Waals surface area contributed by atoms with E-state index in [9.17, 15) is 18.0 Å². The van der Waals surface area contributed by atoms with Gasteiger partial charge in [-0.2, -0.15) is 0 Å². The minimum absolute atomic E-state index is 0.0117. The number of carbonyl (C=O) groups excluding carboxylic acids is 1. The third kappa shape index (κ3) is 4.74. The fraction of sp³-hybridized carbons (Fsp3) is 0.208. The molecule has 1 heterocycles. The number of anilines is 1. The van der Waals surface area contributed by atoms with E-state index < -0.39 is 23.5 Å². The maximum absolute atomic E-state index is 13.9. The number of hydrogen-bond donors (Lipinski definition) is 1. The molecule has 0 saturated carbocycles. The second kappa shape index (κ2) is 9.63. The van der Waals surface area contributed by atoms with Gasteiger partial charge in [-0.15, -0.1) is 0 Å². The molecule has 0 unspecified atom stereocenters. The van der Waals surface area contributed by atoms with E-state index in [0.717, 1.165) is 23.3 Å². The van der Waals surface area contributed by atoms with E-state index in [4.69, 9.17) is 11.6 Å². The highest BCUT2D eigenvalue weighted by Crippen LogP contribution is 2.30. The average Bonchev–Trinajstić information content (AvgIpc) is 2.82. The summed E-state index contributed by atoms with van der Waals surface area (Å²) < 4.78 is 40.5. The fourth-order valence-corrected chi connectivity index (χ4v) is 4.02. The van der Waals surface area contributed by atoms with Crippen LogP contribution < -0.4 is 5.32 Å². The van der Waals surface area contributed by atoms with Crippen molar-refractivity contribution >= 4 is 23.3 Å².